The van der Waals surface area contributed by atoms with Gasteiger partial charge >= 0.3 is 0 Å². The van der Waals surface area contributed by atoms with Crippen LogP contribution >= 0.6 is 0 Å². The third-order valence-electron chi connectivity index (χ3n) is 3.91. The lowest BCUT2D eigenvalue weighted by Crippen LogP contribution is -2.37. The number of pyridine rings is 1. The fourth-order valence-electron chi connectivity index (χ4n) is 2.97. The highest BCUT2D eigenvalue weighted by Gasteiger charge is 2.27. The van der Waals surface area contributed by atoms with E-state index >= 15 is 0 Å². The van der Waals surface area contributed by atoms with Crippen LogP contribution in [0.1, 0.15) is 18.4 Å². The topological polar surface area (TPSA) is 52.0 Å². The van der Waals surface area contributed by atoms with E-state index in [1.54, 1.807) is 0 Å². The fourth-order valence-corrected chi connectivity index (χ4v) is 2.97. The van der Waals surface area contributed by atoms with Crippen LogP contribution in [0.15, 0.2) is 30.3 Å². The SMILES string of the molecule is CNCC1CCCN1c1nc2ccccc2cc1C#N. The number of anilines is 1. The number of nitrogens with zero attached hydrogens (tertiary/aromatic N) is 3. The summed E-state index contributed by atoms with van der Waals surface area (Å²) in [6, 6.07) is 12.7. The molecule has 1 aliphatic rings. The maximum absolute atomic E-state index is 9.42. The Balaban J connectivity index is 2.07. The summed E-state index contributed by atoms with van der Waals surface area (Å²) in [5.41, 5.74) is 1.63. The minimum atomic E-state index is 0.431. The second-order valence-corrected chi connectivity index (χ2v) is 5.21. The number of fused-ring (bicyclic) bond motifs is 1. The van der Waals surface area contributed by atoms with Crippen molar-refractivity contribution in [2.75, 3.05) is 25.0 Å². The highest BCUT2D eigenvalue weighted by molar-refractivity contribution is 5.83. The van der Waals surface area contributed by atoms with Crippen molar-refractivity contribution in [3.8, 4) is 6.07 Å². The van der Waals surface area contributed by atoms with Gasteiger partial charge in [0.1, 0.15) is 11.9 Å². The van der Waals surface area contributed by atoms with Crippen molar-refractivity contribution in [1.29, 1.82) is 5.26 Å². The van der Waals surface area contributed by atoms with Crippen molar-refractivity contribution >= 4 is 16.7 Å². The van der Waals surface area contributed by atoms with Gasteiger partial charge in [0, 0.05) is 24.5 Å². The largest absolute Gasteiger partial charge is 0.351 e. The first kappa shape index (κ1) is 12.9. The molecule has 102 valence electrons. The molecular formula is C16H18N4. The van der Waals surface area contributed by atoms with Gasteiger partial charge in [0.2, 0.25) is 0 Å². The molecule has 1 N–H and O–H groups in total. The Morgan fingerprint density at radius 1 is 1.45 bits per heavy atom. The van der Waals surface area contributed by atoms with Crippen molar-refractivity contribution in [3.05, 3.63) is 35.9 Å². The quantitative estimate of drug-likeness (QED) is 0.926. The zero-order chi connectivity index (χ0) is 13.9. The maximum atomic E-state index is 9.42. The molecule has 2 aromatic rings. The summed E-state index contributed by atoms with van der Waals surface area (Å²) in [6.45, 7) is 1.91. The second-order valence-electron chi connectivity index (χ2n) is 5.21. The number of hydrogen-bond donors (Lipinski definition) is 1. The lowest BCUT2D eigenvalue weighted by Gasteiger charge is -2.26. The Labute approximate surface area is 119 Å². The molecule has 0 radical (unpaired) electrons. The minimum absolute atomic E-state index is 0.431. The van der Waals surface area contributed by atoms with Crippen LogP contribution in [0.2, 0.25) is 0 Å². The summed E-state index contributed by atoms with van der Waals surface area (Å²) >= 11 is 0. The zero-order valence-electron chi connectivity index (χ0n) is 11.6. The van der Waals surface area contributed by atoms with Gasteiger partial charge in [-0.1, -0.05) is 18.2 Å². The van der Waals surface area contributed by atoms with Gasteiger partial charge in [-0.2, -0.15) is 5.26 Å². The molecule has 2 heterocycles. The fraction of sp³-hybridized carbons (Fsp3) is 0.375. The molecule has 3 rings (SSSR count). The monoisotopic (exact) mass is 266 g/mol. The molecule has 0 spiro atoms. The van der Waals surface area contributed by atoms with E-state index in [0.29, 0.717) is 11.6 Å². The minimum Gasteiger partial charge on any atom is -0.351 e. The van der Waals surface area contributed by atoms with Crippen molar-refractivity contribution < 1.29 is 0 Å². The van der Waals surface area contributed by atoms with Gasteiger partial charge in [0.15, 0.2) is 0 Å². The number of para-hydroxylation sites is 1. The van der Waals surface area contributed by atoms with Crippen molar-refractivity contribution in [1.82, 2.24) is 10.3 Å². The predicted molar refractivity (Wildman–Crippen MR) is 80.8 cm³/mol. The van der Waals surface area contributed by atoms with Gasteiger partial charge in [-0.05, 0) is 32.0 Å². The molecule has 0 aliphatic carbocycles. The van der Waals surface area contributed by atoms with Gasteiger partial charge in [-0.3, -0.25) is 0 Å². The molecule has 0 saturated carbocycles. The molecule has 1 aromatic heterocycles. The van der Waals surface area contributed by atoms with E-state index in [4.69, 9.17) is 4.98 Å². The molecule has 1 aromatic carbocycles. The highest BCUT2D eigenvalue weighted by atomic mass is 15.2. The summed E-state index contributed by atoms with van der Waals surface area (Å²) in [6.07, 6.45) is 2.31. The summed E-state index contributed by atoms with van der Waals surface area (Å²) in [7, 11) is 1.97. The molecular weight excluding hydrogens is 248 g/mol. The summed E-state index contributed by atoms with van der Waals surface area (Å²) in [4.78, 5) is 7.02. The molecule has 20 heavy (non-hydrogen) atoms. The first-order valence-corrected chi connectivity index (χ1v) is 7.04. The highest BCUT2D eigenvalue weighted by Crippen LogP contribution is 2.29. The predicted octanol–water partition coefficient (Wildman–Crippen LogP) is 2.29. The van der Waals surface area contributed by atoms with E-state index < -0.39 is 0 Å². The molecule has 1 aliphatic heterocycles. The molecule has 0 amide bonds. The van der Waals surface area contributed by atoms with E-state index in [9.17, 15) is 5.26 Å². The Morgan fingerprint density at radius 3 is 3.10 bits per heavy atom. The van der Waals surface area contributed by atoms with E-state index in [0.717, 1.165) is 42.7 Å². The summed E-state index contributed by atoms with van der Waals surface area (Å²) in [5, 5.41) is 13.7. The number of rotatable bonds is 3. The molecule has 1 atom stereocenters. The number of likely N-dealkylation sites (N-methyl/N-ethyl adjacent to an activating group) is 1. The van der Waals surface area contributed by atoms with Crippen LogP contribution < -0.4 is 10.2 Å². The van der Waals surface area contributed by atoms with Crippen LogP contribution in [-0.2, 0) is 0 Å². The molecule has 4 nitrogen and oxygen atoms in total. The normalized spacial score (nSPS) is 18.4. The Morgan fingerprint density at radius 2 is 2.30 bits per heavy atom. The maximum Gasteiger partial charge on any atom is 0.147 e. The van der Waals surface area contributed by atoms with Crippen LogP contribution in [0.5, 0.6) is 0 Å². The van der Waals surface area contributed by atoms with E-state index in [-0.39, 0.29) is 0 Å². The number of nitriles is 1. The summed E-state index contributed by atoms with van der Waals surface area (Å²) in [5.74, 6) is 0.837. The molecule has 1 saturated heterocycles. The lowest BCUT2D eigenvalue weighted by atomic mass is 10.1. The molecule has 1 unspecified atom stereocenters. The first-order chi connectivity index (χ1) is 9.83. The first-order valence-electron chi connectivity index (χ1n) is 7.04. The smallest absolute Gasteiger partial charge is 0.147 e. The third kappa shape index (κ3) is 2.21. The van der Waals surface area contributed by atoms with E-state index in [1.807, 2.05) is 37.4 Å². The van der Waals surface area contributed by atoms with Crippen molar-refractivity contribution in [3.63, 3.8) is 0 Å². The number of nitrogens with one attached hydrogen (secondary N) is 1. The van der Waals surface area contributed by atoms with Crippen LogP contribution in [0.25, 0.3) is 10.9 Å². The third-order valence-corrected chi connectivity index (χ3v) is 3.91. The van der Waals surface area contributed by atoms with Gasteiger partial charge in [0.05, 0.1) is 11.1 Å². The van der Waals surface area contributed by atoms with Gasteiger partial charge < -0.3 is 10.2 Å². The average molecular weight is 266 g/mol. The number of aromatic nitrogens is 1. The number of benzene rings is 1. The van der Waals surface area contributed by atoms with Crippen molar-refractivity contribution in [2.45, 2.75) is 18.9 Å². The zero-order valence-corrected chi connectivity index (χ0v) is 11.6. The van der Waals surface area contributed by atoms with Crippen LogP contribution in [-0.4, -0.2) is 31.2 Å². The lowest BCUT2D eigenvalue weighted by molar-refractivity contribution is 0.612. The van der Waals surface area contributed by atoms with E-state index in [2.05, 4.69) is 16.3 Å². The average Bonchev–Trinajstić information content (AvgIpc) is 2.94. The number of hydrogen-bond acceptors (Lipinski definition) is 4. The molecule has 4 heteroatoms. The van der Waals surface area contributed by atoms with Crippen LogP contribution in [0, 0.1) is 11.3 Å². The molecule has 1 fully saturated rings. The van der Waals surface area contributed by atoms with Crippen molar-refractivity contribution in [2.24, 2.45) is 0 Å². The standard InChI is InChI=1S/C16H18N4/c1-18-11-14-6-4-8-20(14)16-13(10-17)9-12-5-2-3-7-15(12)19-16/h2-3,5,7,9,14,18H,4,6,8,11H2,1H3. The molecule has 0 bridgehead atoms. The summed E-state index contributed by atoms with van der Waals surface area (Å²) < 4.78 is 0. The van der Waals surface area contributed by atoms with Crippen LogP contribution in [0.4, 0.5) is 5.82 Å². The second kappa shape index (κ2) is 5.48. The van der Waals surface area contributed by atoms with Gasteiger partial charge in [-0.25, -0.2) is 4.98 Å². The van der Waals surface area contributed by atoms with Gasteiger partial charge in [-0.15, -0.1) is 0 Å². The Bertz CT molecular complexity index is 659. The van der Waals surface area contributed by atoms with Crippen LogP contribution in [0.3, 0.4) is 0 Å². The van der Waals surface area contributed by atoms with Gasteiger partial charge in [0.25, 0.3) is 0 Å². The Hall–Kier alpha value is -2.12. The Kier molecular flexibility index (Phi) is 3.53. The van der Waals surface area contributed by atoms with E-state index in [1.165, 1.54) is 0 Å².